The zero-order chi connectivity index (χ0) is 15.5. The van der Waals surface area contributed by atoms with Crippen LogP contribution in [0.25, 0.3) is 0 Å². The minimum absolute atomic E-state index is 0.0211. The van der Waals surface area contributed by atoms with Crippen molar-refractivity contribution in [1.82, 2.24) is 4.90 Å². The lowest BCUT2D eigenvalue weighted by Crippen LogP contribution is -2.39. The minimum atomic E-state index is -2.92. The average Bonchev–Trinajstić information content (AvgIpc) is 2.76. The van der Waals surface area contributed by atoms with Gasteiger partial charge in [0, 0.05) is 25.9 Å². The molecule has 1 unspecified atom stereocenters. The lowest BCUT2D eigenvalue weighted by atomic mass is 9.91. The number of piperidine rings is 1. The van der Waals surface area contributed by atoms with Gasteiger partial charge < -0.3 is 10.0 Å². The van der Waals surface area contributed by atoms with E-state index in [-0.39, 0.29) is 29.8 Å². The van der Waals surface area contributed by atoms with Gasteiger partial charge in [-0.25, -0.2) is 8.42 Å². The molecule has 2 aliphatic rings. The number of carbonyl (C=O) groups excluding carboxylic acids is 1. The summed E-state index contributed by atoms with van der Waals surface area (Å²) in [5.74, 6) is 0.00437. The van der Waals surface area contributed by atoms with Crippen LogP contribution >= 0.6 is 0 Å². The van der Waals surface area contributed by atoms with E-state index in [2.05, 4.69) is 0 Å². The maximum absolute atomic E-state index is 12.2. The molecule has 2 heterocycles. The lowest BCUT2D eigenvalue weighted by Gasteiger charge is -2.32. The van der Waals surface area contributed by atoms with E-state index < -0.39 is 15.8 Å². The van der Waals surface area contributed by atoms with Crippen LogP contribution in [0.15, 0.2) is 0 Å². The number of sulfone groups is 1. The Hall–Kier alpha value is -1.11. The molecule has 2 rings (SSSR count). The van der Waals surface area contributed by atoms with Crippen LogP contribution < -0.4 is 0 Å². The standard InChI is InChI=1S/C14H23NO5S/c16-13(9-12-5-8-21(19,20)10-12)15-6-3-11(4-7-15)1-2-14(17)18/h11-12H,1-10H2,(H,17,18). The predicted octanol–water partition coefficient (Wildman–Crippen LogP) is 0.915. The number of amides is 1. The summed E-state index contributed by atoms with van der Waals surface area (Å²) in [6.45, 7) is 1.34. The van der Waals surface area contributed by atoms with Crippen molar-refractivity contribution in [1.29, 1.82) is 0 Å². The molecule has 2 fully saturated rings. The Balaban J connectivity index is 1.72. The molecule has 0 saturated carbocycles. The molecular weight excluding hydrogens is 294 g/mol. The smallest absolute Gasteiger partial charge is 0.303 e. The molecule has 0 aromatic heterocycles. The van der Waals surface area contributed by atoms with Crippen molar-refractivity contribution >= 4 is 21.7 Å². The third-order valence-electron chi connectivity index (χ3n) is 4.52. The number of carboxylic acids is 1. The fourth-order valence-electron chi connectivity index (χ4n) is 3.21. The van der Waals surface area contributed by atoms with Crippen molar-refractivity contribution in [2.24, 2.45) is 11.8 Å². The quantitative estimate of drug-likeness (QED) is 0.814. The van der Waals surface area contributed by atoms with E-state index in [4.69, 9.17) is 5.11 Å². The summed E-state index contributed by atoms with van der Waals surface area (Å²) in [4.78, 5) is 24.5. The van der Waals surface area contributed by atoms with Crippen LogP contribution in [-0.4, -0.2) is 54.9 Å². The van der Waals surface area contributed by atoms with E-state index >= 15 is 0 Å². The molecule has 6 nitrogen and oxygen atoms in total. The second-order valence-electron chi connectivity index (χ2n) is 6.23. The first-order valence-corrected chi connectivity index (χ1v) is 9.38. The van der Waals surface area contributed by atoms with Crippen LogP contribution in [0.5, 0.6) is 0 Å². The van der Waals surface area contributed by atoms with Crippen LogP contribution in [-0.2, 0) is 19.4 Å². The predicted molar refractivity (Wildman–Crippen MR) is 77.6 cm³/mol. The topological polar surface area (TPSA) is 91.8 Å². The summed E-state index contributed by atoms with van der Waals surface area (Å²) >= 11 is 0. The van der Waals surface area contributed by atoms with Crippen LogP contribution in [0.4, 0.5) is 0 Å². The molecule has 0 aromatic rings. The van der Waals surface area contributed by atoms with Gasteiger partial charge in [-0.1, -0.05) is 0 Å². The SMILES string of the molecule is O=C(O)CCC1CCN(C(=O)CC2CCS(=O)(=O)C2)CC1. The zero-order valence-electron chi connectivity index (χ0n) is 12.2. The molecule has 0 spiro atoms. The Kier molecular flexibility index (Phi) is 5.24. The molecule has 0 aliphatic carbocycles. The van der Waals surface area contributed by atoms with Crippen LogP contribution in [0.1, 0.15) is 38.5 Å². The van der Waals surface area contributed by atoms with Gasteiger partial charge in [0.2, 0.25) is 5.91 Å². The van der Waals surface area contributed by atoms with E-state index in [0.29, 0.717) is 38.3 Å². The summed E-state index contributed by atoms with van der Waals surface area (Å²) in [6, 6.07) is 0. The van der Waals surface area contributed by atoms with Crippen LogP contribution in [0.2, 0.25) is 0 Å². The van der Waals surface area contributed by atoms with E-state index in [1.54, 1.807) is 0 Å². The normalized spacial score (nSPS) is 25.9. The molecule has 21 heavy (non-hydrogen) atoms. The highest BCUT2D eigenvalue weighted by Crippen LogP contribution is 2.25. The molecule has 1 atom stereocenters. The first kappa shape index (κ1) is 16.3. The minimum Gasteiger partial charge on any atom is -0.481 e. The molecular formula is C14H23NO5S. The second kappa shape index (κ2) is 6.77. The molecule has 120 valence electrons. The highest BCUT2D eigenvalue weighted by atomic mass is 32.2. The van der Waals surface area contributed by atoms with Gasteiger partial charge in [0.1, 0.15) is 0 Å². The molecule has 0 aromatic carbocycles. The Morgan fingerprint density at radius 1 is 1.10 bits per heavy atom. The van der Waals surface area contributed by atoms with E-state index in [1.165, 1.54) is 0 Å². The molecule has 0 bridgehead atoms. The Labute approximate surface area is 125 Å². The Morgan fingerprint density at radius 3 is 2.29 bits per heavy atom. The van der Waals surface area contributed by atoms with Gasteiger partial charge in [0.05, 0.1) is 11.5 Å². The molecule has 2 aliphatic heterocycles. The zero-order valence-corrected chi connectivity index (χ0v) is 13.0. The average molecular weight is 317 g/mol. The first-order valence-electron chi connectivity index (χ1n) is 7.56. The number of hydrogen-bond donors (Lipinski definition) is 1. The molecule has 7 heteroatoms. The summed E-state index contributed by atoms with van der Waals surface area (Å²) < 4.78 is 22.8. The van der Waals surface area contributed by atoms with E-state index in [1.807, 2.05) is 4.90 Å². The number of carboxylic acid groups (broad SMARTS) is 1. The monoisotopic (exact) mass is 317 g/mol. The summed E-state index contributed by atoms with van der Waals surface area (Å²) in [6.07, 6.45) is 3.50. The Morgan fingerprint density at radius 2 is 1.76 bits per heavy atom. The van der Waals surface area contributed by atoms with Crippen LogP contribution in [0, 0.1) is 11.8 Å². The van der Waals surface area contributed by atoms with Gasteiger partial charge in [-0.05, 0) is 37.5 Å². The maximum atomic E-state index is 12.2. The number of nitrogens with zero attached hydrogens (tertiary/aromatic N) is 1. The molecule has 2 saturated heterocycles. The van der Waals surface area contributed by atoms with Gasteiger partial charge in [-0.15, -0.1) is 0 Å². The van der Waals surface area contributed by atoms with Crippen molar-refractivity contribution in [2.75, 3.05) is 24.6 Å². The molecule has 1 amide bonds. The number of rotatable bonds is 5. The number of carbonyl (C=O) groups is 2. The summed E-state index contributed by atoms with van der Waals surface area (Å²) in [5.41, 5.74) is 0. The first-order chi connectivity index (χ1) is 9.85. The summed E-state index contributed by atoms with van der Waals surface area (Å²) in [5, 5.41) is 8.67. The Bertz CT molecular complexity index is 493. The molecule has 0 radical (unpaired) electrons. The number of hydrogen-bond acceptors (Lipinski definition) is 4. The van der Waals surface area contributed by atoms with Gasteiger partial charge in [-0.2, -0.15) is 0 Å². The number of aliphatic carboxylic acids is 1. The fraction of sp³-hybridized carbons (Fsp3) is 0.857. The van der Waals surface area contributed by atoms with Gasteiger partial charge in [0.25, 0.3) is 0 Å². The largest absolute Gasteiger partial charge is 0.481 e. The third-order valence-corrected chi connectivity index (χ3v) is 6.36. The second-order valence-corrected chi connectivity index (χ2v) is 8.46. The highest BCUT2D eigenvalue weighted by Gasteiger charge is 2.31. The van der Waals surface area contributed by atoms with Gasteiger partial charge >= 0.3 is 5.97 Å². The van der Waals surface area contributed by atoms with Crippen molar-refractivity contribution in [2.45, 2.75) is 38.5 Å². The van der Waals surface area contributed by atoms with Crippen molar-refractivity contribution < 1.29 is 23.1 Å². The third kappa shape index (κ3) is 4.98. The van der Waals surface area contributed by atoms with Gasteiger partial charge in [-0.3, -0.25) is 9.59 Å². The number of likely N-dealkylation sites (tertiary alicyclic amines) is 1. The maximum Gasteiger partial charge on any atom is 0.303 e. The lowest BCUT2D eigenvalue weighted by molar-refractivity contribution is -0.138. The van der Waals surface area contributed by atoms with E-state index in [9.17, 15) is 18.0 Å². The molecule has 1 N–H and O–H groups in total. The van der Waals surface area contributed by atoms with Crippen molar-refractivity contribution in [3.8, 4) is 0 Å². The van der Waals surface area contributed by atoms with Gasteiger partial charge in [0.15, 0.2) is 9.84 Å². The van der Waals surface area contributed by atoms with Crippen molar-refractivity contribution in [3.05, 3.63) is 0 Å². The van der Waals surface area contributed by atoms with Crippen molar-refractivity contribution in [3.63, 3.8) is 0 Å². The highest BCUT2D eigenvalue weighted by molar-refractivity contribution is 7.91. The summed E-state index contributed by atoms with van der Waals surface area (Å²) in [7, 11) is -2.92. The van der Waals surface area contributed by atoms with E-state index in [0.717, 1.165) is 12.8 Å². The fourth-order valence-corrected chi connectivity index (χ4v) is 5.07. The van der Waals surface area contributed by atoms with Crippen LogP contribution in [0.3, 0.4) is 0 Å².